The molecule has 2 amide bonds. The van der Waals surface area contributed by atoms with Gasteiger partial charge in [0.15, 0.2) is 0 Å². The van der Waals surface area contributed by atoms with Crippen LogP contribution in [0.5, 0.6) is 0 Å². The normalized spacial score (nSPS) is 35.9. The molecule has 3 fully saturated rings. The maximum Gasteiger partial charge on any atom is 0.230 e. The van der Waals surface area contributed by atoms with Crippen LogP contribution in [0.1, 0.15) is 37.0 Å². The molecule has 4 heterocycles. The molecule has 1 aromatic heterocycles. The van der Waals surface area contributed by atoms with Crippen molar-refractivity contribution in [3.63, 3.8) is 0 Å². The number of hydrogen-bond donors (Lipinski definition) is 1. The van der Waals surface area contributed by atoms with E-state index in [0.717, 1.165) is 17.7 Å². The topological polar surface area (TPSA) is 58.6 Å². The maximum absolute atomic E-state index is 13.1. The molecule has 1 aliphatic carbocycles. The first kappa shape index (κ1) is 16.5. The Labute approximate surface area is 157 Å². The van der Waals surface area contributed by atoms with Crippen molar-refractivity contribution in [2.24, 2.45) is 11.8 Å². The molecule has 0 radical (unpaired) electrons. The smallest absolute Gasteiger partial charge is 0.230 e. The van der Waals surface area contributed by atoms with Crippen LogP contribution in [-0.4, -0.2) is 41.0 Å². The number of ether oxygens (including phenoxy) is 1. The molecule has 0 aromatic carbocycles. The molecule has 4 atom stereocenters. The third kappa shape index (κ3) is 2.54. The van der Waals surface area contributed by atoms with Gasteiger partial charge in [0.05, 0.1) is 31.0 Å². The van der Waals surface area contributed by atoms with Crippen LogP contribution < -0.4 is 5.32 Å². The number of nitrogens with one attached hydrogen (secondary N) is 1. The Balaban J connectivity index is 1.34. The fourth-order valence-corrected chi connectivity index (χ4v) is 5.87. The van der Waals surface area contributed by atoms with E-state index in [2.05, 4.69) is 5.32 Å². The van der Waals surface area contributed by atoms with E-state index in [1.165, 1.54) is 19.3 Å². The monoisotopic (exact) mass is 372 g/mol. The Kier molecular flexibility index (Phi) is 3.94. The average Bonchev–Trinajstić information content (AvgIpc) is 3.39. The quantitative estimate of drug-likeness (QED) is 0.826. The van der Waals surface area contributed by atoms with Crippen LogP contribution >= 0.6 is 11.3 Å². The molecular formula is C20H24N2O3S. The second-order valence-corrected chi connectivity index (χ2v) is 9.05. The van der Waals surface area contributed by atoms with Crippen LogP contribution in [0.15, 0.2) is 29.7 Å². The summed E-state index contributed by atoms with van der Waals surface area (Å²) in [6, 6.07) is 4.31. The number of fused-ring (bicyclic) bond motifs is 1. The fraction of sp³-hybridized carbons (Fsp3) is 0.600. The summed E-state index contributed by atoms with van der Waals surface area (Å²) in [7, 11) is 0. The Hall–Kier alpha value is -1.66. The molecule has 1 spiro atoms. The molecule has 138 valence electrons. The van der Waals surface area contributed by atoms with E-state index in [-0.39, 0.29) is 35.8 Å². The highest BCUT2D eigenvalue weighted by Gasteiger charge is 2.66. The van der Waals surface area contributed by atoms with Crippen LogP contribution in [0.25, 0.3) is 0 Å². The Morgan fingerprint density at radius 3 is 2.96 bits per heavy atom. The van der Waals surface area contributed by atoms with Gasteiger partial charge in [0.1, 0.15) is 5.60 Å². The van der Waals surface area contributed by atoms with E-state index in [1.807, 2.05) is 34.6 Å². The molecule has 5 nitrogen and oxygen atoms in total. The summed E-state index contributed by atoms with van der Waals surface area (Å²) in [6.07, 6.45) is 9.47. The summed E-state index contributed by atoms with van der Waals surface area (Å²) < 4.78 is 6.20. The number of carbonyl (C=O) groups is 2. The summed E-state index contributed by atoms with van der Waals surface area (Å²) in [5, 5.41) is 5.24. The lowest BCUT2D eigenvalue weighted by molar-refractivity contribution is -0.138. The second-order valence-electron chi connectivity index (χ2n) is 8.02. The van der Waals surface area contributed by atoms with Gasteiger partial charge in [-0.2, -0.15) is 0 Å². The van der Waals surface area contributed by atoms with Crippen molar-refractivity contribution in [2.45, 2.75) is 56.4 Å². The van der Waals surface area contributed by atoms with E-state index < -0.39 is 5.60 Å². The van der Waals surface area contributed by atoms with Crippen molar-refractivity contribution in [1.29, 1.82) is 0 Å². The maximum atomic E-state index is 13.1. The summed E-state index contributed by atoms with van der Waals surface area (Å²) in [5.41, 5.74) is -0.604. The number of carbonyl (C=O) groups excluding carboxylic acids is 2. The minimum absolute atomic E-state index is 0.00412. The number of amides is 2. The van der Waals surface area contributed by atoms with Crippen molar-refractivity contribution in [1.82, 2.24) is 10.2 Å². The highest BCUT2D eigenvalue weighted by atomic mass is 32.1. The van der Waals surface area contributed by atoms with Crippen molar-refractivity contribution >= 4 is 23.2 Å². The van der Waals surface area contributed by atoms with Gasteiger partial charge in [-0.25, -0.2) is 0 Å². The molecule has 3 aliphatic heterocycles. The zero-order valence-corrected chi connectivity index (χ0v) is 15.5. The number of thiophene rings is 1. The number of nitrogens with zero attached hydrogens (tertiary/aromatic N) is 1. The SMILES string of the molecule is O=C(NC1CCCCC1)C1C2C=CC3(CN(Cc4cccs4)C(=O)C13)O2. The molecule has 4 aliphatic rings. The van der Waals surface area contributed by atoms with Gasteiger partial charge in [-0.1, -0.05) is 37.5 Å². The van der Waals surface area contributed by atoms with Crippen LogP contribution in [0.2, 0.25) is 0 Å². The largest absolute Gasteiger partial charge is 0.360 e. The van der Waals surface area contributed by atoms with Crippen LogP contribution in [0, 0.1) is 11.8 Å². The lowest BCUT2D eigenvalue weighted by atomic mass is 9.76. The van der Waals surface area contributed by atoms with Gasteiger partial charge >= 0.3 is 0 Å². The highest BCUT2D eigenvalue weighted by Crippen LogP contribution is 2.52. The Morgan fingerprint density at radius 1 is 1.35 bits per heavy atom. The lowest BCUT2D eigenvalue weighted by Crippen LogP contribution is -2.47. The van der Waals surface area contributed by atoms with Gasteiger partial charge in [-0.3, -0.25) is 9.59 Å². The van der Waals surface area contributed by atoms with Crippen molar-refractivity contribution in [2.75, 3.05) is 6.54 Å². The fourth-order valence-electron chi connectivity index (χ4n) is 5.15. The summed E-state index contributed by atoms with van der Waals surface area (Å²) in [6.45, 7) is 1.15. The number of hydrogen-bond acceptors (Lipinski definition) is 4. The van der Waals surface area contributed by atoms with E-state index in [0.29, 0.717) is 13.1 Å². The first-order chi connectivity index (χ1) is 12.7. The van der Waals surface area contributed by atoms with Crippen molar-refractivity contribution in [3.05, 3.63) is 34.5 Å². The second kappa shape index (κ2) is 6.20. The summed E-state index contributed by atoms with van der Waals surface area (Å²) >= 11 is 1.66. The highest BCUT2D eigenvalue weighted by molar-refractivity contribution is 7.09. The Bertz CT molecular complexity index is 740. The molecule has 1 aromatic rings. The predicted molar refractivity (Wildman–Crippen MR) is 98.5 cm³/mol. The van der Waals surface area contributed by atoms with Gasteiger partial charge in [0, 0.05) is 10.9 Å². The van der Waals surface area contributed by atoms with Crippen LogP contribution in [-0.2, 0) is 20.9 Å². The zero-order chi connectivity index (χ0) is 17.7. The van der Waals surface area contributed by atoms with Gasteiger partial charge in [0.2, 0.25) is 11.8 Å². The third-order valence-electron chi connectivity index (χ3n) is 6.36. The molecule has 1 N–H and O–H groups in total. The molecule has 1 saturated carbocycles. The molecule has 5 rings (SSSR count). The number of rotatable bonds is 4. The van der Waals surface area contributed by atoms with Crippen molar-refractivity contribution in [3.8, 4) is 0 Å². The van der Waals surface area contributed by atoms with Gasteiger partial charge in [-0.15, -0.1) is 11.3 Å². The lowest BCUT2D eigenvalue weighted by Gasteiger charge is -2.28. The molecule has 6 heteroatoms. The first-order valence-corrected chi connectivity index (χ1v) is 10.5. The van der Waals surface area contributed by atoms with E-state index >= 15 is 0 Å². The summed E-state index contributed by atoms with van der Waals surface area (Å²) in [5.74, 6) is -0.692. The van der Waals surface area contributed by atoms with Gasteiger partial charge in [0.25, 0.3) is 0 Å². The average molecular weight is 372 g/mol. The molecule has 2 bridgehead atoms. The summed E-state index contributed by atoms with van der Waals surface area (Å²) in [4.78, 5) is 29.2. The van der Waals surface area contributed by atoms with Gasteiger partial charge < -0.3 is 15.0 Å². The van der Waals surface area contributed by atoms with E-state index in [4.69, 9.17) is 4.74 Å². The van der Waals surface area contributed by atoms with Crippen LogP contribution in [0.3, 0.4) is 0 Å². The minimum atomic E-state index is -0.604. The van der Waals surface area contributed by atoms with E-state index in [1.54, 1.807) is 11.3 Å². The minimum Gasteiger partial charge on any atom is -0.360 e. The zero-order valence-electron chi connectivity index (χ0n) is 14.7. The predicted octanol–water partition coefficient (Wildman–Crippen LogP) is 2.48. The third-order valence-corrected chi connectivity index (χ3v) is 7.22. The molecule has 4 unspecified atom stereocenters. The van der Waals surface area contributed by atoms with E-state index in [9.17, 15) is 9.59 Å². The van der Waals surface area contributed by atoms with Crippen LogP contribution in [0.4, 0.5) is 0 Å². The first-order valence-electron chi connectivity index (χ1n) is 9.65. The molecular weight excluding hydrogens is 348 g/mol. The van der Waals surface area contributed by atoms with Gasteiger partial charge in [-0.05, 0) is 24.3 Å². The molecule has 26 heavy (non-hydrogen) atoms. The Morgan fingerprint density at radius 2 is 2.19 bits per heavy atom. The standard InChI is InChI=1S/C20H24N2O3S/c23-18(21-13-5-2-1-3-6-13)16-15-8-9-20(25-15)12-22(19(24)17(16)20)11-14-7-4-10-26-14/h4,7-10,13,15-17H,1-3,5-6,11-12H2,(H,21,23). The van der Waals surface area contributed by atoms with Crippen molar-refractivity contribution < 1.29 is 14.3 Å². The number of likely N-dealkylation sites (tertiary alicyclic amines) is 1. The molecule has 2 saturated heterocycles.